The van der Waals surface area contributed by atoms with E-state index in [1.165, 1.54) is 44.8 Å². The van der Waals surface area contributed by atoms with Crippen LogP contribution in [0.3, 0.4) is 0 Å². The van der Waals surface area contributed by atoms with Gasteiger partial charge in [-0.1, -0.05) is 134 Å². The lowest BCUT2D eigenvalue weighted by Crippen LogP contribution is -2.26. The highest BCUT2D eigenvalue weighted by molar-refractivity contribution is 6.04. The molecule has 6 aromatic rings. The van der Waals surface area contributed by atoms with Crippen molar-refractivity contribution in [2.45, 2.75) is 0 Å². The van der Waals surface area contributed by atoms with E-state index in [0.29, 0.717) is 0 Å². The van der Waals surface area contributed by atoms with Gasteiger partial charge in [-0.25, -0.2) is 0 Å². The number of nitrogens with two attached hydrogens (primary N) is 1. The van der Waals surface area contributed by atoms with E-state index in [9.17, 15) is 0 Å². The number of nitrogen functional groups attached to an aromatic ring is 1. The van der Waals surface area contributed by atoms with Crippen molar-refractivity contribution in [3.8, 4) is 44.5 Å². The number of fused-ring (bicyclic) bond motifs is 1. The average molecular weight is 565 g/mol. The van der Waals surface area contributed by atoms with Crippen molar-refractivity contribution < 1.29 is 0 Å². The third-order valence-corrected chi connectivity index (χ3v) is 8.18. The Morgan fingerprint density at radius 1 is 0.477 bits per heavy atom. The number of allylic oxidation sites excluding steroid dienone is 4. The molecule has 1 heterocycles. The lowest BCUT2D eigenvalue weighted by molar-refractivity contribution is 1.21. The van der Waals surface area contributed by atoms with Gasteiger partial charge in [-0.2, -0.15) is 0 Å². The first-order chi connectivity index (χ1) is 21.7. The van der Waals surface area contributed by atoms with Crippen molar-refractivity contribution in [3.63, 3.8) is 0 Å². The fourth-order valence-corrected chi connectivity index (χ4v) is 5.98. The van der Waals surface area contributed by atoms with Gasteiger partial charge >= 0.3 is 0 Å². The minimum atomic E-state index is 0.780. The number of anilines is 3. The van der Waals surface area contributed by atoms with Crippen LogP contribution in [0, 0.1) is 0 Å². The Balaban J connectivity index is 1.22. The Morgan fingerprint density at radius 2 is 1.05 bits per heavy atom. The molecule has 1 aliphatic rings. The largest absolute Gasteiger partial charge is 0.398 e. The molecule has 7 rings (SSSR count). The highest BCUT2D eigenvalue weighted by Crippen LogP contribution is 2.49. The van der Waals surface area contributed by atoms with Crippen molar-refractivity contribution in [1.29, 1.82) is 0 Å². The number of nitrogens with zero attached hydrogens (tertiary/aromatic N) is 1. The van der Waals surface area contributed by atoms with E-state index in [-0.39, 0.29) is 0 Å². The first-order valence-electron chi connectivity index (χ1n) is 14.9. The average Bonchev–Trinajstić information content (AvgIpc) is 3.08. The van der Waals surface area contributed by atoms with Crippen LogP contribution < -0.4 is 10.6 Å². The van der Waals surface area contributed by atoms with Crippen LogP contribution in [0.25, 0.3) is 50.2 Å². The van der Waals surface area contributed by atoms with Crippen LogP contribution in [0.5, 0.6) is 0 Å². The van der Waals surface area contributed by atoms with Crippen molar-refractivity contribution in [3.05, 3.63) is 182 Å². The number of hydrogen-bond acceptors (Lipinski definition) is 2. The predicted molar refractivity (Wildman–Crippen MR) is 188 cm³/mol. The molecule has 0 saturated heterocycles. The molecule has 0 saturated carbocycles. The third kappa shape index (κ3) is 5.04. The smallest absolute Gasteiger partial charge is 0.0555 e. The van der Waals surface area contributed by atoms with Gasteiger partial charge in [0.25, 0.3) is 0 Å². The summed E-state index contributed by atoms with van der Waals surface area (Å²) in [6, 6.07) is 51.4. The minimum Gasteiger partial charge on any atom is -0.398 e. The van der Waals surface area contributed by atoms with Crippen LogP contribution in [-0.4, -0.2) is 0 Å². The van der Waals surface area contributed by atoms with Crippen LogP contribution in [0.2, 0.25) is 0 Å². The van der Waals surface area contributed by atoms with E-state index in [2.05, 4.69) is 133 Å². The number of benzene rings is 6. The Bertz CT molecular complexity index is 2020. The van der Waals surface area contributed by atoms with Gasteiger partial charge in [-0.3, -0.25) is 0 Å². The van der Waals surface area contributed by atoms with Gasteiger partial charge in [0, 0.05) is 22.5 Å². The first-order valence-corrected chi connectivity index (χ1v) is 14.9. The summed E-state index contributed by atoms with van der Waals surface area (Å²) >= 11 is 0. The summed E-state index contributed by atoms with van der Waals surface area (Å²) in [6.45, 7) is 3.81. The summed E-state index contributed by atoms with van der Waals surface area (Å²) in [6.07, 6.45) is 7.96. The molecule has 1 aliphatic heterocycles. The molecule has 0 atom stereocenters. The Kier molecular flexibility index (Phi) is 7.24. The number of rotatable bonds is 7. The second-order valence-corrected chi connectivity index (χ2v) is 10.9. The molecule has 0 spiro atoms. The van der Waals surface area contributed by atoms with E-state index in [4.69, 9.17) is 5.73 Å². The number of para-hydroxylation sites is 1. The molecule has 2 N–H and O–H groups in total. The van der Waals surface area contributed by atoms with Gasteiger partial charge in [0.2, 0.25) is 0 Å². The molecule has 0 amide bonds. The molecule has 0 unspecified atom stereocenters. The van der Waals surface area contributed by atoms with Crippen molar-refractivity contribution >= 4 is 22.8 Å². The maximum Gasteiger partial charge on any atom is 0.0555 e. The monoisotopic (exact) mass is 564 g/mol. The van der Waals surface area contributed by atoms with Crippen molar-refractivity contribution in [1.82, 2.24) is 0 Å². The van der Waals surface area contributed by atoms with Gasteiger partial charge < -0.3 is 10.6 Å². The maximum atomic E-state index is 6.41. The molecule has 0 aromatic heterocycles. The van der Waals surface area contributed by atoms with Gasteiger partial charge in [0.15, 0.2) is 0 Å². The third-order valence-electron chi connectivity index (χ3n) is 8.18. The zero-order valence-corrected chi connectivity index (χ0v) is 24.4. The topological polar surface area (TPSA) is 29.3 Å². The molecule has 0 radical (unpaired) electrons. The summed E-state index contributed by atoms with van der Waals surface area (Å²) in [7, 11) is 0. The summed E-state index contributed by atoms with van der Waals surface area (Å²) in [5.74, 6) is 0. The molecule has 0 bridgehead atoms. The first kappa shape index (κ1) is 27.0. The molecule has 210 valence electrons. The SMILES string of the molecule is C=C/C=C\C=C1\c2cc(-c3ccc(-c4ccccc4-c4ccc(N)c(-c5ccccc5)c4)cc3)ccc2N1c1ccccc1. The molecule has 44 heavy (non-hydrogen) atoms. The second kappa shape index (κ2) is 11.8. The Hall–Kier alpha value is -5.86. The molecular weight excluding hydrogens is 532 g/mol. The van der Waals surface area contributed by atoms with E-state index in [0.717, 1.165) is 28.1 Å². The fourth-order valence-electron chi connectivity index (χ4n) is 5.98. The molecule has 0 aliphatic carbocycles. The number of hydrogen-bond donors (Lipinski definition) is 1. The van der Waals surface area contributed by atoms with E-state index < -0.39 is 0 Å². The van der Waals surface area contributed by atoms with Crippen molar-refractivity contribution in [2.24, 2.45) is 0 Å². The maximum absolute atomic E-state index is 6.41. The highest BCUT2D eigenvalue weighted by atomic mass is 15.2. The Morgan fingerprint density at radius 3 is 1.77 bits per heavy atom. The van der Waals surface area contributed by atoms with Crippen LogP contribution in [0.1, 0.15) is 5.56 Å². The molecular formula is C42H32N2. The van der Waals surface area contributed by atoms with Gasteiger partial charge in [0.1, 0.15) is 0 Å². The van der Waals surface area contributed by atoms with Gasteiger partial charge in [0.05, 0.1) is 11.4 Å². The summed E-state index contributed by atoms with van der Waals surface area (Å²) < 4.78 is 0. The van der Waals surface area contributed by atoms with Crippen LogP contribution >= 0.6 is 0 Å². The van der Waals surface area contributed by atoms with Crippen LogP contribution in [0.4, 0.5) is 17.1 Å². The summed E-state index contributed by atoms with van der Waals surface area (Å²) in [4.78, 5) is 2.30. The fraction of sp³-hybridized carbons (Fsp3) is 0. The summed E-state index contributed by atoms with van der Waals surface area (Å²) in [5.41, 5.74) is 21.2. The van der Waals surface area contributed by atoms with E-state index >= 15 is 0 Å². The summed E-state index contributed by atoms with van der Waals surface area (Å²) in [5, 5.41) is 0. The molecule has 6 aromatic carbocycles. The van der Waals surface area contributed by atoms with Crippen LogP contribution in [-0.2, 0) is 0 Å². The Labute approximate surface area is 259 Å². The standard InChI is InChI=1S/C42H32N2/c1-2-3-6-19-41-39-28-33(25-27-42(39)44(41)35-15-9-5-10-16-35)30-20-22-32(23-21-30)36-17-11-12-18-37(36)34-24-26-40(43)38(29-34)31-13-7-4-8-14-31/h2-29H,1,43H2/b6-3-,41-19-. The minimum absolute atomic E-state index is 0.780. The molecule has 2 nitrogen and oxygen atoms in total. The van der Waals surface area contributed by atoms with E-state index in [1.54, 1.807) is 6.08 Å². The van der Waals surface area contributed by atoms with Crippen LogP contribution in [0.15, 0.2) is 176 Å². The quantitative estimate of drug-likeness (QED) is 0.154. The highest BCUT2D eigenvalue weighted by Gasteiger charge is 2.30. The zero-order valence-electron chi connectivity index (χ0n) is 24.4. The normalized spacial score (nSPS) is 13.1. The zero-order chi connectivity index (χ0) is 29.9. The molecule has 0 fully saturated rings. The van der Waals surface area contributed by atoms with Gasteiger partial charge in [-0.05, 0) is 81.4 Å². The molecule has 2 heteroatoms. The van der Waals surface area contributed by atoms with E-state index in [1.807, 2.05) is 42.5 Å². The second-order valence-electron chi connectivity index (χ2n) is 10.9. The predicted octanol–water partition coefficient (Wildman–Crippen LogP) is 11.2. The lowest BCUT2D eigenvalue weighted by Gasteiger charge is -2.39. The van der Waals surface area contributed by atoms with Crippen molar-refractivity contribution in [2.75, 3.05) is 10.6 Å². The lowest BCUT2D eigenvalue weighted by atomic mass is 9.90. The van der Waals surface area contributed by atoms with Gasteiger partial charge in [-0.15, -0.1) is 0 Å².